The fourth-order valence-corrected chi connectivity index (χ4v) is 1.40. The summed E-state index contributed by atoms with van der Waals surface area (Å²) in [7, 11) is 0. The second kappa shape index (κ2) is 6.91. The molecule has 4 nitrogen and oxygen atoms in total. The largest absolute Gasteiger partial charge is 0.494 e. The molecule has 0 saturated heterocycles. The molecule has 0 aliphatic rings. The minimum absolute atomic E-state index is 0.338. The number of nitrogens with two attached hydrogens (primary N) is 1. The smallest absolute Gasteiger partial charge is 0.320 e. The summed E-state index contributed by atoms with van der Waals surface area (Å²) in [6.45, 7) is 2.82. The van der Waals surface area contributed by atoms with Crippen LogP contribution in [0.25, 0.3) is 0 Å². The molecule has 1 aromatic carbocycles. The first-order valence-electron chi connectivity index (χ1n) is 5.83. The molecule has 17 heavy (non-hydrogen) atoms. The lowest BCUT2D eigenvalue weighted by molar-refractivity contribution is -0.138. The molecule has 0 aliphatic heterocycles. The standard InChI is InChI=1S/C13H19NO3/c1-2-3-8-17-11-6-4-10(5-7-11)9-12(14)13(15)16/h4-7,12H,2-3,8-9,14H2,1H3,(H,15,16). The van der Waals surface area contributed by atoms with Crippen LogP contribution < -0.4 is 10.5 Å². The molecule has 0 aliphatic carbocycles. The Morgan fingerprint density at radius 3 is 2.59 bits per heavy atom. The molecule has 0 fully saturated rings. The number of ether oxygens (including phenoxy) is 1. The summed E-state index contributed by atoms with van der Waals surface area (Å²) >= 11 is 0. The minimum Gasteiger partial charge on any atom is -0.494 e. The summed E-state index contributed by atoms with van der Waals surface area (Å²) in [5.74, 6) is -0.167. The van der Waals surface area contributed by atoms with Crippen LogP contribution in [0.5, 0.6) is 5.75 Å². The molecule has 0 heterocycles. The highest BCUT2D eigenvalue weighted by Crippen LogP contribution is 2.13. The van der Waals surface area contributed by atoms with Crippen LogP contribution in [-0.4, -0.2) is 23.7 Å². The van der Waals surface area contributed by atoms with Gasteiger partial charge in [-0.15, -0.1) is 0 Å². The number of carbonyl (C=O) groups is 1. The lowest BCUT2D eigenvalue weighted by atomic mass is 10.1. The van der Waals surface area contributed by atoms with E-state index in [1.807, 2.05) is 24.3 Å². The van der Waals surface area contributed by atoms with Crippen molar-refractivity contribution in [3.63, 3.8) is 0 Å². The predicted octanol–water partition coefficient (Wildman–Crippen LogP) is 1.82. The first-order chi connectivity index (χ1) is 8.13. The molecule has 1 aromatic rings. The molecule has 1 rings (SSSR count). The van der Waals surface area contributed by atoms with E-state index in [2.05, 4.69) is 6.92 Å². The van der Waals surface area contributed by atoms with Gasteiger partial charge in [-0.05, 0) is 30.5 Å². The van der Waals surface area contributed by atoms with E-state index < -0.39 is 12.0 Å². The highest BCUT2D eigenvalue weighted by Gasteiger charge is 2.11. The Hall–Kier alpha value is -1.55. The first kappa shape index (κ1) is 13.5. The van der Waals surface area contributed by atoms with Crippen molar-refractivity contribution in [3.05, 3.63) is 29.8 Å². The number of benzene rings is 1. The minimum atomic E-state index is -0.978. The van der Waals surface area contributed by atoms with Gasteiger partial charge in [0, 0.05) is 0 Å². The third-order valence-electron chi connectivity index (χ3n) is 2.46. The van der Waals surface area contributed by atoms with E-state index in [1.165, 1.54) is 0 Å². The van der Waals surface area contributed by atoms with Crippen molar-refractivity contribution >= 4 is 5.97 Å². The SMILES string of the molecule is CCCCOc1ccc(CC(N)C(=O)O)cc1. The van der Waals surface area contributed by atoms with Crippen LogP contribution >= 0.6 is 0 Å². The average molecular weight is 237 g/mol. The van der Waals surface area contributed by atoms with Crippen LogP contribution in [0.3, 0.4) is 0 Å². The maximum absolute atomic E-state index is 10.6. The van der Waals surface area contributed by atoms with Gasteiger partial charge in [0.15, 0.2) is 0 Å². The number of hydrogen-bond donors (Lipinski definition) is 2. The summed E-state index contributed by atoms with van der Waals surface area (Å²) < 4.78 is 5.51. The monoisotopic (exact) mass is 237 g/mol. The van der Waals surface area contributed by atoms with E-state index >= 15 is 0 Å². The van der Waals surface area contributed by atoms with E-state index in [9.17, 15) is 4.79 Å². The fraction of sp³-hybridized carbons (Fsp3) is 0.462. The van der Waals surface area contributed by atoms with E-state index in [-0.39, 0.29) is 0 Å². The van der Waals surface area contributed by atoms with E-state index in [0.717, 1.165) is 24.2 Å². The molecular weight excluding hydrogens is 218 g/mol. The van der Waals surface area contributed by atoms with Crippen molar-refractivity contribution in [2.75, 3.05) is 6.61 Å². The summed E-state index contributed by atoms with van der Waals surface area (Å²) in [6, 6.07) is 6.55. The van der Waals surface area contributed by atoms with E-state index in [1.54, 1.807) is 0 Å². The van der Waals surface area contributed by atoms with Crippen molar-refractivity contribution in [1.29, 1.82) is 0 Å². The lowest BCUT2D eigenvalue weighted by Crippen LogP contribution is -2.32. The number of unbranched alkanes of at least 4 members (excludes halogenated alkanes) is 1. The Labute approximate surface area is 101 Å². The highest BCUT2D eigenvalue weighted by atomic mass is 16.5. The quantitative estimate of drug-likeness (QED) is 0.709. The number of hydrogen-bond acceptors (Lipinski definition) is 3. The van der Waals surface area contributed by atoms with Gasteiger partial charge in [0.25, 0.3) is 0 Å². The van der Waals surface area contributed by atoms with Gasteiger partial charge in [-0.3, -0.25) is 4.79 Å². The summed E-state index contributed by atoms with van der Waals surface area (Å²) in [6.07, 6.45) is 2.47. The zero-order valence-corrected chi connectivity index (χ0v) is 10.1. The van der Waals surface area contributed by atoms with Gasteiger partial charge in [0.05, 0.1) is 6.61 Å². The normalized spacial score (nSPS) is 12.1. The second-order valence-electron chi connectivity index (χ2n) is 3.99. The van der Waals surface area contributed by atoms with Crippen LogP contribution in [-0.2, 0) is 11.2 Å². The van der Waals surface area contributed by atoms with E-state index in [4.69, 9.17) is 15.6 Å². The zero-order valence-electron chi connectivity index (χ0n) is 10.1. The van der Waals surface area contributed by atoms with Crippen molar-refractivity contribution < 1.29 is 14.6 Å². The molecule has 0 amide bonds. The molecule has 4 heteroatoms. The summed E-state index contributed by atoms with van der Waals surface area (Å²) in [5, 5.41) is 8.69. The Morgan fingerprint density at radius 1 is 1.41 bits per heavy atom. The van der Waals surface area contributed by atoms with Crippen LogP contribution in [0.4, 0.5) is 0 Å². The van der Waals surface area contributed by atoms with Crippen molar-refractivity contribution in [2.45, 2.75) is 32.2 Å². The lowest BCUT2D eigenvalue weighted by Gasteiger charge is -2.08. The molecule has 0 bridgehead atoms. The molecule has 0 aromatic heterocycles. The molecule has 0 radical (unpaired) electrons. The predicted molar refractivity (Wildman–Crippen MR) is 66.2 cm³/mol. The summed E-state index contributed by atoms with van der Waals surface area (Å²) in [4.78, 5) is 10.6. The van der Waals surface area contributed by atoms with Crippen LogP contribution in [0.2, 0.25) is 0 Å². The van der Waals surface area contributed by atoms with Crippen molar-refractivity contribution in [1.82, 2.24) is 0 Å². The van der Waals surface area contributed by atoms with Crippen LogP contribution in [0.1, 0.15) is 25.3 Å². The Bertz CT molecular complexity index is 348. The Morgan fingerprint density at radius 2 is 2.06 bits per heavy atom. The zero-order chi connectivity index (χ0) is 12.7. The molecule has 3 N–H and O–H groups in total. The topological polar surface area (TPSA) is 72.5 Å². The number of rotatable bonds is 7. The third kappa shape index (κ3) is 4.87. The van der Waals surface area contributed by atoms with Gasteiger partial charge in [0.1, 0.15) is 11.8 Å². The molecule has 94 valence electrons. The third-order valence-corrected chi connectivity index (χ3v) is 2.46. The molecule has 1 atom stereocenters. The molecular formula is C13H19NO3. The van der Waals surface area contributed by atoms with Gasteiger partial charge in [-0.1, -0.05) is 25.5 Å². The Kier molecular flexibility index (Phi) is 5.49. The maximum atomic E-state index is 10.6. The van der Waals surface area contributed by atoms with Crippen molar-refractivity contribution in [3.8, 4) is 5.75 Å². The van der Waals surface area contributed by atoms with Crippen LogP contribution in [0, 0.1) is 0 Å². The van der Waals surface area contributed by atoms with Gasteiger partial charge in [-0.25, -0.2) is 0 Å². The van der Waals surface area contributed by atoms with E-state index in [0.29, 0.717) is 13.0 Å². The molecule has 1 unspecified atom stereocenters. The van der Waals surface area contributed by atoms with Gasteiger partial charge < -0.3 is 15.6 Å². The Balaban J connectivity index is 2.47. The van der Waals surface area contributed by atoms with Gasteiger partial charge >= 0.3 is 5.97 Å². The number of aliphatic carboxylic acids is 1. The first-order valence-corrected chi connectivity index (χ1v) is 5.83. The van der Waals surface area contributed by atoms with Crippen LogP contribution in [0.15, 0.2) is 24.3 Å². The second-order valence-corrected chi connectivity index (χ2v) is 3.99. The molecule has 0 saturated carbocycles. The molecule has 0 spiro atoms. The fourth-order valence-electron chi connectivity index (χ4n) is 1.40. The maximum Gasteiger partial charge on any atom is 0.320 e. The highest BCUT2D eigenvalue weighted by molar-refractivity contribution is 5.73. The van der Waals surface area contributed by atoms with Gasteiger partial charge in [-0.2, -0.15) is 0 Å². The van der Waals surface area contributed by atoms with Gasteiger partial charge in [0.2, 0.25) is 0 Å². The number of carboxylic acids is 1. The van der Waals surface area contributed by atoms with Crippen molar-refractivity contribution in [2.24, 2.45) is 5.73 Å². The average Bonchev–Trinajstić information content (AvgIpc) is 2.31. The summed E-state index contributed by atoms with van der Waals surface area (Å²) in [5.41, 5.74) is 6.36. The number of carboxylic acid groups (broad SMARTS) is 1.